The molecule has 0 aliphatic heterocycles. The van der Waals surface area contributed by atoms with E-state index in [1.54, 1.807) is 19.1 Å². The molecule has 20 heavy (non-hydrogen) atoms. The first-order valence-corrected chi connectivity index (χ1v) is 6.62. The van der Waals surface area contributed by atoms with Crippen LogP contribution in [-0.2, 0) is 13.1 Å². The molecule has 0 atom stereocenters. The summed E-state index contributed by atoms with van der Waals surface area (Å²) >= 11 is 0. The van der Waals surface area contributed by atoms with Gasteiger partial charge >= 0.3 is 0 Å². The van der Waals surface area contributed by atoms with Crippen LogP contribution in [0.5, 0.6) is 0 Å². The van der Waals surface area contributed by atoms with Gasteiger partial charge in [-0.15, -0.1) is 0 Å². The first kappa shape index (κ1) is 12.8. The Balaban J connectivity index is 1.63. The summed E-state index contributed by atoms with van der Waals surface area (Å²) in [6, 6.07) is 13.2. The normalized spacial score (nSPS) is 11.1. The van der Waals surface area contributed by atoms with Crippen LogP contribution in [0.3, 0.4) is 0 Å². The molecule has 3 rings (SSSR count). The van der Waals surface area contributed by atoms with Crippen LogP contribution in [0.2, 0.25) is 0 Å². The van der Waals surface area contributed by atoms with E-state index in [0.717, 1.165) is 22.4 Å². The molecule has 1 aromatic heterocycles. The molecule has 0 aliphatic rings. The fourth-order valence-corrected chi connectivity index (χ4v) is 2.16. The minimum absolute atomic E-state index is 0.159. The van der Waals surface area contributed by atoms with E-state index in [0.29, 0.717) is 18.7 Å². The Morgan fingerprint density at radius 1 is 1.15 bits per heavy atom. The van der Waals surface area contributed by atoms with Crippen molar-refractivity contribution in [3.05, 3.63) is 65.2 Å². The van der Waals surface area contributed by atoms with Crippen molar-refractivity contribution in [1.82, 2.24) is 15.3 Å². The van der Waals surface area contributed by atoms with E-state index in [9.17, 15) is 4.39 Å². The lowest BCUT2D eigenvalue weighted by Gasteiger charge is -2.04. The molecule has 1 heterocycles. The third-order valence-corrected chi connectivity index (χ3v) is 3.30. The Morgan fingerprint density at radius 3 is 2.80 bits per heavy atom. The molecule has 4 heteroatoms. The average molecular weight is 269 g/mol. The van der Waals surface area contributed by atoms with Crippen LogP contribution in [0.4, 0.5) is 4.39 Å². The number of nitrogens with zero attached hydrogens (tertiary/aromatic N) is 1. The second-order valence-corrected chi connectivity index (χ2v) is 4.89. The van der Waals surface area contributed by atoms with Crippen LogP contribution in [0.1, 0.15) is 17.0 Å². The first-order chi connectivity index (χ1) is 9.72. The Kier molecular flexibility index (Phi) is 3.48. The molecule has 0 spiro atoms. The number of benzene rings is 2. The highest BCUT2D eigenvalue weighted by molar-refractivity contribution is 5.74. The molecule has 3 nitrogen and oxygen atoms in total. The topological polar surface area (TPSA) is 40.7 Å². The third kappa shape index (κ3) is 2.70. The van der Waals surface area contributed by atoms with Crippen LogP contribution in [0.25, 0.3) is 11.0 Å². The lowest BCUT2D eigenvalue weighted by molar-refractivity contribution is 0.610. The van der Waals surface area contributed by atoms with E-state index >= 15 is 0 Å². The maximum absolute atomic E-state index is 13.4. The van der Waals surface area contributed by atoms with Crippen LogP contribution < -0.4 is 5.32 Å². The predicted molar refractivity (Wildman–Crippen MR) is 77.8 cm³/mol. The summed E-state index contributed by atoms with van der Waals surface area (Å²) < 4.78 is 13.4. The number of hydrogen-bond acceptors (Lipinski definition) is 2. The minimum atomic E-state index is -0.159. The minimum Gasteiger partial charge on any atom is -0.341 e. The van der Waals surface area contributed by atoms with Crippen molar-refractivity contribution in [2.45, 2.75) is 20.0 Å². The fraction of sp³-hybridized carbons (Fsp3) is 0.188. The number of aryl methyl sites for hydroxylation is 1. The number of fused-ring (bicyclic) bond motifs is 1. The summed E-state index contributed by atoms with van der Waals surface area (Å²) in [5.74, 6) is 0.729. The largest absolute Gasteiger partial charge is 0.341 e. The van der Waals surface area contributed by atoms with E-state index in [2.05, 4.69) is 15.3 Å². The van der Waals surface area contributed by atoms with E-state index < -0.39 is 0 Å². The molecule has 0 bridgehead atoms. The van der Waals surface area contributed by atoms with Crippen molar-refractivity contribution >= 4 is 11.0 Å². The number of aromatic nitrogens is 2. The Labute approximate surface area is 116 Å². The molecule has 0 saturated heterocycles. The Hall–Kier alpha value is -2.20. The van der Waals surface area contributed by atoms with Crippen LogP contribution in [0, 0.1) is 12.7 Å². The number of hydrogen-bond donors (Lipinski definition) is 2. The first-order valence-electron chi connectivity index (χ1n) is 6.62. The molecule has 0 saturated carbocycles. The summed E-state index contributed by atoms with van der Waals surface area (Å²) in [4.78, 5) is 7.74. The van der Waals surface area contributed by atoms with Gasteiger partial charge in [0.2, 0.25) is 0 Å². The second kappa shape index (κ2) is 5.43. The average Bonchev–Trinajstić information content (AvgIpc) is 2.85. The van der Waals surface area contributed by atoms with Crippen molar-refractivity contribution in [3.8, 4) is 0 Å². The van der Waals surface area contributed by atoms with Gasteiger partial charge in [0.1, 0.15) is 11.6 Å². The summed E-state index contributed by atoms with van der Waals surface area (Å²) in [6.07, 6.45) is 0. The molecule has 0 amide bonds. The number of H-pyrrole nitrogens is 1. The zero-order chi connectivity index (χ0) is 13.9. The van der Waals surface area contributed by atoms with E-state index in [1.807, 2.05) is 30.3 Å². The molecular formula is C16H16FN3. The zero-order valence-electron chi connectivity index (χ0n) is 11.3. The standard InChI is InChI=1S/C16H16FN3/c1-11-6-7-12(8-13(11)17)9-18-10-16-19-14-4-2-3-5-15(14)20-16/h2-8,18H,9-10H2,1H3,(H,19,20). The summed E-state index contributed by atoms with van der Waals surface area (Å²) in [7, 11) is 0. The van der Waals surface area contributed by atoms with E-state index in [4.69, 9.17) is 0 Å². The van der Waals surface area contributed by atoms with Gasteiger partial charge in [0.15, 0.2) is 0 Å². The van der Waals surface area contributed by atoms with Gasteiger partial charge in [0, 0.05) is 6.54 Å². The smallest absolute Gasteiger partial charge is 0.126 e. The zero-order valence-corrected chi connectivity index (χ0v) is 11.3. The van der Waals surface area contributed by atoms with E-state index in [-0.39, 0.29) is 5.82 Å². The van der Waals surface area contributed by atoms with Crippen molar-refractivity contribution in [2.75, 3.05) is 0 Å². The van der Waals surface area contributed by atoms with Gasteiger partial charge in [0.05, 0.1) is 17.6 Å². The third-order valence-electron chi connectivity index (χ3n) is 3.30. The number of halogens is 1. The highest BCUT2D eigenvalue weighted by Crippen LogP contribution is 2.11. The monoisotopic (exact) mass is 269 g/mol. The Bertz CT molecular complexity index is 700. The maximum atomic E-state index is 13.4. The molecule has 0 aliphatic carbocycles. The number of rotatable bonds is 4. The second-order valence-electron chi connectivity index (χ2n) is 4.89. The van der Waals surface area contributed by atoms with E-state index in [1.165, 1.54) is 0 Å². The highest BCUT2D eigenvalue weighted by Gasteiger charge is 2.02. The molecular weight excluding hydrogens is 253 g/mol. The van der Waals surface area contributed by atoms with Crippen LogP contribution in [0.15, 0.2) is 42.5 Å². The molecule has 102 valence electrons. The Morgan fingerprint density at radius 2 is 2.00 bits per heavy atom. The van der Waals surface area contributed by atoms with Gasteiger partial charge in [-0.2, -0.15) is 0 Å². The summed E-state index contributed by atoms with van der Waals surface area (Å²) in [5, 5.41) is 3.27. The van der Waals surface area contributed by atoms with Gasteiger partial charge in [-0.1, -0.05) is 24.3 Å². The highest BCUT2D eigenvalue weighted by atomic mass is 19.1. The molecule has 0 unspecified atom stereocenters. The van der Waals surface area contributed by atoms with Crippen LogP contribution in [-0.4, -0.2) is 9.97 Å². The molecule has 0 radical (unpaired) electrons. The van der Waals surface area contributed by atoms with Gasteiger partial charge in [-0.25, -0.2) is 9.37 Å². The lowest BCUT2D eigenvalue weighted by Crippen LogP contribution is -2.13. The van der Waals surface area contributed by atoms with Crippen molar-refractivity contribution in [1.29, 1.82) is 0 Å². The number of imidazole rings is 1. The number of aromatic amines is 1. The predicted octanol–water partition coefficient (Wildman–Crippen LogP) is 3.30. The molecule has 0 fully saturated rings. The summed E-state index contributed by atoms with van der Waals surface area (Å²) in [5.41, 5.74) is 3.60. The quantitative estimate of drug-likeness (QED) is 0.763. The van der Waals surface area contributed by atoms with Gasteiger partial charge in [-0.3, -0.25) is 0 Å². The van der Waals surface area contributed by atoms with Gasteiger partial charge in [-0.05, 0) is 36.2 Å². The van der Waals surface area contributed by atoms with Gasteiger partial charge in [0.25, 0.3) is 0 Å². The van der Waals surface area contributed by atoms with Crippen LogP contribution >= 0.6 is 0 Å². The lowest BCUT2D eigenvalue weighted by atomic mass is 10.1. The van der Waals surface area contributed by atoms with Crippen molar-refractivity contribution in [3.63, 3.8) is 0 Å². The molecule has 3 aromatic rings. The molecule has 2 aromatic carbocycles. The molecule has 2 N–H and O–H groups in total. The summed E-state index contributed by atoms with van der Waals surface area (Å²) in [6.45, 7) is 3.01. The maximum Gasteiger partial charge on any atom is 0.126 e. The van der Waals surface area contributed by atoms with Crippen molar-refractivity contribution in [2.24, 2.45) is 0 Å². The SMILES string of the molecule is Cc1ccc(CNCc2nc3ccccc3[nH]2)cc1F. The fourth-order valence-electron chi connectivity index (χ4n) is 2.16. The number of nitrogens with one attached hydrogen (secondary N) is 2. The van der Waals surface area contributed by atoms with Gasteiger partial charge < -0.3 is 10.3 Å². The number of para-hydroxylation sites is 2. The van der Waals surface area contributed by atoms with Crippen molar-refractivity contribution < 1.29 is 4.39 Å².